The van der Waals surface area contributed by atoms with E-state index in [-0.39, 0.29) is 17.7 Å². The van der Waals surface area contributed by atoms with Crippen molar-refractivity contribution in [3.8, 4) is 0 Å². The number of nitrogens with one attached hydrogen (secondary N) is 1. The molecule has 3 aromatic rings. The minimum atomic E-state index is -0.422. The Labute approximate surface area is 197 Å². The van der Waals surface area contributed by atoms with Crippen molar-refractivity contribution in [2.45, 2.75) is 45.8 Å². The zero-order valence-corrected chi connectivity index (χ0v) is 19.2. The predicted molar refractivity (Wildman–Crippen MR) is 125 cm³/mol. The van der Waals surface area contributed by atoms with E-state index < -0.39 is 6.04 Å². The van der Waals surface area contributed by atoms with Crippen molar-refractivity contribution in [2.24, 2.45) is 0 Å². The van der Waals surface area contributed by atoms with Crippen LogP contribution in [0.2, 0.25) is 0 Å². The van der Waals surface area contributed by atoms with Gasteiger partial charge in [-0.25, -0.2) is 0 Å². The summed E-state index contributed by atoms with van der Waals surface area (Å²) in [4.78, 5) is 42.5. The first-order valence-electron chi connectivity index (χ1n) is 11.4. The number of fused-ring (bicyclic) bond motifs is 2. The molecule has 2 aliphatic rings. The molecule has 2 aromatic carbocycles. The van der Waals surface area contributed by atoms with E-state index in [9.17, 15) is 14.4 Å². The Hall–Kier alpha value is -3.94. The largest absolute Gasteiger partial charge is 0.361 e. The lowest BCUT2D eigenvalue weighted by molar-refractivity contribution is -0.122. The van der Waals surface area contributed by atoms with Crippen LogP contribution in [0.1, 0.15) is 56.1 Å². The molecule has 3 heterocycles. The van der Waals surface area contributed by atoms with E-state index in [0.29, 0.717) is 48.6 Å². The number of nitrogens with zero attached hydrogens (tertiary/aromatic N) is 3. The molecular formula is C26H26N4O4. The lowest BCUT2D eigenvalue weighted by Crippen LogP contribution is -2.44. The maximum Gasteiger partial charge on any atom is 0.256 e. The molecule has 0 unspecified atom stereocenters. The van der Waals surface area contributed by atoms with E-state index >= 15 is 0 Å². The van der Waals surface area contributed by atoms with Gasteiger partial charge >= 0.3 is 0 Å². The van der Waals surface area contributed by atoms with Crippen LogP contribution in [0.5, 0.6) is 0 Å². The van der Waals surface area contributed by atoms with E-state index in [2.05, 4.69) is 10.5 Å². The van der Waals surface area contributed by atoms with Gasteiger partial charge in [0.05, 0.1) is 23.5 Å². The van der Waals surface area contributed by atoms with Crippen LogP contribution >= 0.6 is 0 Å². The van der Waals surface area contributed by atoms with Gasteiger partial charge in [0.15, 0.2) is 0 Å². The number of carbonyl (C=O) groups is 3. The van der Waals surface area contributed by atoms with E-state index in [4.69, 9.17) is 4.52 Å². The van der Waals surface area contributed by atoms with Crippen molar-refractivity contribution >= 4 is 23.4 Å². The fourth-order valence-corrected chi connectivity index (χ4v) is 4.74. The second-order valence-electron chi connectivity index (χ2n) is 8.78. The Morgan fingerprint density at radius 2 is 1.88 bits per heavy atom. The number of anilines is 1. The Kier molecular flexibility index (Phi) is 5.65. The second kappa shape index (κ2) is 8.78. The predicted octanol–water partition coefficient (Wildman–Crippen LogP) is 3.37. The zero-order chi connectivity index (χ0) is 23.8. The molecule has 0 bridgehead atoms. The van der Waals surface area contributed by atoms with Crippen LogP contribution in [0.25, 0.3) is 0 Å². The summed E-state index contributed by atoms with van der Waals surface area (Å²) in [5, 5.41) is 6.80. The fourth-order valence-electron chi connectivity index (χ4n) is 4.74. The molecule has 0 radical (unpaired) electrons. The zero-order valence-electron chi connectivity index (χ0n) is 19.2. The maximum absolute atomic E-state index is 13.4. The third-order valence-electron chi connectivity index (χ3n) is 6.65. The fraction of sp³-hybridized carbons (Fsp3) is 0.308. The Morgan fingerprint density at radius 1 is 1.12 bits per heavy atom. The monoisotopic (exact) mass is 458 g/mol. The van der Waals surface area contributed by atoms with Gasteiger partial charge in [0.25, 0.3) is 11.8 Å². The van der Waals surface area contributed by atoms with Gasteiger partial charge in [-0.15, -0.1) is 0 Å². The lowest BCUT2D eigenvalue weighted by Gasteiger charge is -2.26. The molecule has 0 aliphatic carbocycles. The summed E-state index contributed by atoms with van der Waals surface area (Å²) in [7, 11) is 0. The molecule has 1 N–H and O–H groups in total. The number of hydrogen-bond donors (Lipinski definition) is 1. The van der Waals surface area contributed by atoms with Crippen LogP contribution in [0.4, 0.5) is 5.69 Å². The first-order valence-corrected chi connectivity index (χ1v) is 11.4. The summed E-state index contributed by atoms with van der Waals surface area (Å²) >= 11 is 0. The summed E-state index contributed by atoms with van der Waals surface area (Å²) in [5.74, 6) is 0.348. The number of carbonyl (C=O) groups excluding carboxylic acids is 3. The maximum atomic E-state index is 13.4. The number of amides is 3. The molecule has 8 nitrogen and oxygen atoms in total. The lowest BCUT2D eigenvalue weighted by atomic mass is 10.1. The van der Waals surface area contributed by atoms with Gasteiger partial charge in [-0.1, -0.05) is 29.4 Å². The molecule has 0 saturated carbocycles. The number of aryl methyl sites for hydroxylation is 2. The summed E-state index contributed by atoms with van der Waals surface area (Å²) in [6, 6.07) is 14.0. The van der Waals surface area contributed by atoms with Gasteiger partial charge in [0.1, 0.15) is 11.8 Å². The van der Waals surface area contributed by atoms with E-state index in [0.717, 1.165) is 23.2 Å². The highest BCUT2D eigenvalue weighted by molar-refractivity contribution is 6.11. The number of rotatable bonds is 5. The molecule has 174 valence electrons. The normalized spacial score (nSPS) is 17.4. The number of hydrogen-bond acceptors (Lipinski definition) is 5. The van der Waals surface area contributed by atoms with Gasteiger partial charge < -0.3 is 19.6 Å². The minimum Gasteiger partial charge on any atom is -0.361 e. The highest BCUT2D eigenvalue weighted by Crippen LogP contribution is 2.33. The third-order valence-corrected chi connectivity index (χ3v) is 6.65. The minimum absolute atomic E-state index is 0.0583. The van der Waals surface area contributed by atoms with Gasteiger partial charge in [-0.2, -0.15) is 0 Å². The average Bonchev–Trinajstić information content (AvgIpc) is 3.45. The van der Waals surface area contributed by atoms with Gasteiger partial charge in [-0.3, -0.25) is 14.4 Å². The van der Waals surface area contributed by atoms with Gasteiger partial charge in [0, 0.05) is 24.2 Å². The molecule has 1 aromatic heterocycles. The first kappa shape index (κ1) is 21.9. The Balaban J connectivity index is 1.34. The SMILES string of the molecule is Cc1noc(C)c1CNC(=O)c1ccc(CN2C(=O)[C@@H]3CCCN3C(=O)c3ccccc32)cc1. The summed E-state index contributed by atoms with van der Waals surface area (Å²) < 4.78 is 5.14. The molecule has 0 spiro atoms. The van der Waals surface area contributed by atoms with Crippen LogP contribution in [-0.4, -0.2) is 40.4 Å². The van der Waals surface area contributed by atoms with Crippen LogP contribution < -0.4 is 10.2 Å². The summed E-state index contributed by atoms with van der Waals surface area (Å²) in [6.07, 6.45) is 1.51. The Morgan fingerprint density at radius 3 is 2.62 bits per heavy atom. The van der Waals surface area contributed by atoms with Crippen molar-refractivity contribution in [3.05, 3.63) is 82.2 Å². The second-order valence-corrected chi connectivity index (χ2v) is 8.78. The van der Waals surface area contributed by atoms with Crippen LogP contribution in [0.3, 0.4) is 0 Å². The van der Waals surface area contributed by atoms with Crippen molar-refractivity contribution in [1.29, 1.82) is 0 Å². The molecule has 3 amide bonds. The molecule has 1 atom stereocenters. The summed E-state index contributed by atoms with van der Waals surface area (Å²) in [6.45, 7) is 4.93. The number of benzene rings is 2. The number of aromatic nitrogens is 1. The van der Waals surface area contributed by atoms with Crippen LogP contribution in [0.15, 0.2) is 53.1 Å². The van der Waals surface area contributed by atoms with Crippen molar-refractivity contribution in [1.82, 2.24) is 15.4 Å². The summed E-state index contributed by atoms with van der Waals surface area (Å²) in [5.41, 5.74) is 4.22. The van der Waals surface area contributed by atoms with Crippen molar-refractivity contribution < 1.29 is 18.9 Å². The Bertz CT molecular complexity index is 1240. The van der Waals surface area contributed by atoms with Crippen LogP contribution in [-0.2, 0) is 17.9 Å². The standard InChI is InChI=1S/C26H26N4O4/c1-16-21(17(2)34-28-16)14-27-24(31)19-11-9-18(10-12-19)15-30-22-7-4-3-6-20(22)25(32)29-13-5-8-23(29)26(30)33/h3-4,6-7,9-12,23H,5,8,13-15H2,1-2H3,(H,27,31)/t23-/m0/s1. The van der Waals surface area contributed by atoms with Gasteiger partial charge in [0.2, 0.25) is 5.91 Å². The smallest absolute Gasteiger partial charge is 0.256 e. The van der Waals surface area contributed by atoms with Crippen molar-refractivity contribution in [3.63, 3.8) is 0 Å². The topological polar surface area (TPSA) is 95.8 Å². The molecule has 2 aliphatic heterocycles. The molecular weight excluding hydrogens is 432 g/mol. The third kappa shape index (κ3) is 3.85. The highest BCUT2D eigenvalue weighted by Gasteiger charge is 2.41. The molecule has 8 heteroatoms. The number of para-hydroxylation sites is 1. The highest BCUT2D eigenvalue weighted by atomic mass is 16.5. The molecule has 1 fully saturated rings. The van der Waals surface area contributed by atoms with Gasteiger partial charge in [-0.05, 0) is 56.5 Å². The van der Waals surface area contributed by atoms with E-state index in [1.165, 1.54) is 0 Å². The van der Waals surface area contributed by atoms with E-state index in [1.807, 2.05) is 44.2 Å². The van der Waals surface area contributed by atoms with E-state index in [1.54, 1.807) is 28.0 Å². The quantitative estimate of drug-likeness (QED) is 0.633. The van der Waals surface area contributed by atoms with Crippen molar-refractivity contribution in [2.75, 3.05) is 11.4 Å². The molecule has 5 rings (SSSR count). The average molecular weight is 459 g/mol. The molecule has 1 saturated heterocycles. The molecule has 34 heavy (non-hydrogen) atoms. The van der Waals surface area contributed by atoms with Crippen LogP contribution in [0, 0.1) is 13.8 Å². The first-order chi connectivity index (χ1) is 16.4.